The Balaban J connectivity index is 1.68. The predicted octanol–water partition coefficient (Wildman–Crippen LogP) is 4.12. The number of benzene rings is 2. The Bertz CT molecular complexity index is 868. The molecule has 0 aliphatic carbocycles. The van der Waals surface area contributed by atoms with E-state index in [4.69, 9.17) is 10.2 Å². The van der Waals surface area contributed by atoms with Crippen molar-refractivity contribution in [1.29, 1.82) is 0 Å². The summed E-state index contributed by atoms with van der Waals surface area (Å²) in [6.45, 7) is 12.3. The van der Waals surface area contributed by atoms with Crippen molar-refractivity contribution in [2.75, 3.05) is 26.2 Å². The normalized spacial score (nSPS) is 11.3. The SMILES string of the molecule is CCN(CC)CCCNCc1nn(Cc2cccc(C)c2)nc1-c1ccccc1. The molecular weight excluding hydrogens is 358 g/mol. The van der Waals surface area contributed by atoms with E-state index in [0.29, 0.717) is 6.54 Å². The Kier molecular flexibility index (Phi) is 7.96. The molecule has 0 fully saturated rings. The summed E-state index contributed by atoms with van der Waals surface area (Å²) in [4.78, 5) is 4.28. The van der Waals surface area contributed by atoms with Gasteiger partial charge in [-0.05, 0) is 45.1 Å². The summed E-state index contributed by atoms with van der Waals surface area (Å²) >= 11 is 0. The molecule has 29 heavy (non-hydrogen) atoms. The maximum Gasteiger partial charge on any atom is 0.117 e. The summed E-state index contributed by atoms with van der Waals surface area (Å²) in [6, 6.07) is 18.9. The molecule has 2 aromatic carbocycles. The average molecular weight is 392 g/mol. The van der Waals surface area contributed by atoms with Crippen molar-refractivity contribution < 1.29 is 0 Å². The van der Waals surface area contributed by atoms with E-state index in [2.05, 4.69) is 79.5 Å². The molecule has 0 saturated carbocycles. The zero-order valence-electron chi connectivity index (χ0n) is 17.9. The summed E-state index contributed by atoms with van der Waals surface area (Å²) in [5.74, 6) is 0. The van der Waals surface area contributed by atoms with Crippen LogP contribution in [0.4, 0.5) is 0 Å². The Labute approximate surface area is 174 Å². The van der Waals surface area contributed by atoms with Gasteiger partial charge in [0, 0.05) is 12.1 Å². The molecule has 0 aliphatic heterocycles. The Morgan fingerprint density at radius 1 is 0.966 bits per heavy atom. The maximum atomic E-state index is 4.82. The van der Waals surface area contributed by atoms with Gasteiger partial charge in [-0.25, -0.2) is 0 Å². The van der Waals surface area contributed by atoms with Crippen LogP contribution in [0, 0.1) is 6.92 Å². The van der Waals surface area contributed by atoms with E-state index in [0.717, 1.165) is 56.1 Å². The van der Waals surface area contributed by atoms with Crippen LogP contribution < -0.4 is 5.32 Å². The third kappa shape index (κ3) is 6.24. The van der Waals surface area contributed by atoms with Crippen molar-refractivity contribution in [3.8, 4) is 11.3 Å². The average Bonchev–Trinajstić information content (AvgIpc) is 3.14. The zero-order chi connectivity index (χ0) is 20.5. The molecule has 0 spiro atoms. The summed E-state index contributed by atoms with van der Waals surface area (Å²) in [5.41, 5.74) is 5.57. The van der Waals surface area contributed by atoms with Gasteiger partial charge >= 0.3 is 0 Å². The van der Waals surface area contributed by atoms with Gasteiger partial charge in [0.25, 0.3) is 0 Å². The molecule has 154 valence electrons. The smallest absolute Gasteiger partial charge is 0.117 e. The molecule has 0 bridgehead atoms. The highest BCUT2D eigenvalue weighted by Gasteiger charge is 2.13. The number of nitrogens with zero attached hydrogens (tertiary/aromatic N) is 4. The highest BCUT2D eigenvalue weighted by molar-refractivity contribution is 5.60. The summed E-state index contributed by atoms with van der Waals surface area (Å²) in [5, 5.41) is 13.2. The fraction of sp³-hybridized carbons (Fsp3) is 0.417. The molecule has 1 aromatic heterocycles. The van der Waals surface area contributed by atoms with Crippen LogP contribution in [0.5, 0.6) is 0 Å². The van der Waals surface area contributed by atoms with Crippen LogP contribution in [0.25, 0.3) is 11.3 Å². The maximum absolute atomic E-state index is 4.82. The molecule has 0 saturated heterocycles. The third-order valence-corrected chi connectivity index (χ3v) is 5.19. The van der Waals surface area contributed by atoms with Gasteiger partial charge in [-0.3, -0.25) is 0 Å². The van der Waals surface area contributed by atoms with Crippen LogP contribution in [-0.4, -0.2) is 46.1 Å². The van der Waals surface area contributed by atoms with Gasteiger partial charge in [0.15, 0.2) is 0 Å². The highest BCUT2D eigenvalue weighted by Crippen LogP contribution is 2.20. The second kappa shape index (κ2) is 10.9. The molecule has 5 heteroatoms. The summed E-state index contributed by atoms with van der Waals surface area (Å²) < 4.78 is 0. The van der Waals surface area contributed by atoms with E-state index < -0.39 is 0 Å². The highest BCUT2D eigenvalue weighted by atomic mass is 15.5. The van der Waals surface area contributed by atoms with Crippen LogP contribution in [0.15, 0.2) is 54.6 Å². The van der Waals surface area contributed by atoms with E-state index in [9.17, 15) is 0 Å². The minimum absolute atomic E-state index is 0.684. The van der Waals surface area contributed by atoms with E-state index in [1.165, 1.54) is 11.1 Å². The molecule has 1 heterocycles. The lowest BCUT2D eigenvalue weighted by atomic mass is 10.1. The zero-order valence-corrected chi connectivity index (χ0v) is 17.9. The van der Waals surface area contributed by atoms with Crippen LogP contribution in [0.2, 0.25) is 0 Å². The van der Waals surface area contributed by atoms with Crippen molar-refractivity contribution in [2.45, 2.75) is 40.3 Å². The number of aromatic nitrogens is 3. The summed E-state index contributed by atoms with van der Waals surface area (Å²) in [6.07, 6.45) is 1.14. The first-order chi connectivity index (χ1) is 14.2. The molecule has 0 unspecified atom stereocenters. The van der Waals surface area contributed by atoms with Crippen molar-refractivity contribution >= 4 is 0 Å². The van der Waals surface area contributed by atoms with Crippen molar-refractivity contribution in [1.82, 2.24) is 25.2 Å². The largest absolute Gasteiger partial charge is 0.311 e. The molecule has 3 rings (SSSR count). The first-order valence-corrected chi connectivity index (χ1v) is 10.7. The predicted molar refractivity (Wildman–Crippen MR) is 120 cm³/mol. The Morgan fingerprint density at radius 2 is 1.76 bits per heavy atom. The minimum atomic E-state index is 0.684. The molecule has 0 radical (unpaired) electrons. The number of hydrogen-bond donors (Lipinski definition) is 1. The molecule has 0 aliphatic rings. The topological polar surface area (TPSA) is 46.0 Å². The Morgan fingerprint density at radius 3 is 2.48 bits per heavy atom. The second-order valence-corrected chi connectivity index (χ2v) is 7.44. The Hall–Kier alpha value is -2.50. The molecule has 0 amide bonds. The minimum Gasteiger partial charge on any atom is -0.311 e. The third-order valence-electron chi connectivity index (χ3n) is 5.19. The first-order valence-electron chi connectivity index (χ1n) is 10.7. The number of nitrogens with one attached hydrogen (secondary N) is 1. The van der Waals surface area contributed by atoms with Gasteiger partial charge in [0.1, 0.15) is 11.4 Å². The van der Waals surface area contributed by atoms with Gasteiger partial charge in [-0.1, -0.05) is 74.0 Å². The summed E-state index contributed by atoms with van der Waals surface area (Å²) in [7, 11) is 0. The van der Waals surface area contributed by atoms with E-state index in [1.807, 2.05) is 10.9 Å². The molecule has 5 nitrogen and oxygen atoms in total. The van der Waals surface area contributed by atoms with Crippen molar-refractivity contribution in [3.63, 3.8) is 0 Å². The van der Waals surface area contributed by atoms with E-state index >= 15 is 0 Å². The van der Waals surface area contributed by atoms with Gasteiger partial charge in [0.05, 0.1) is 6.54 Å². The van der Waals surface area contributed by atoms with Crippen molar-refractivity contribution in [2.24, 2.45) is 0 Å². The monoisotopic (exact) mass is 391 g/mol. The van der Waals surface area contributed by atoms with E-state index in [-0.39, 0.29) is 0 Å². The lowest BCUT2D eigenvalue weighted by Gasteiger charge is -2.17. The van der Waals surface area contributed by atoms with Gasteiger partial charge in [-0.15, -0.1) is 0 Å². The molecule has 3 aromatic rings. The molecular formula is C24H33N5. The number of rotatable bonds is 11. The number of aryl methyl sites for hydroxylation is 1. The van der Waals surface area contributed by atoms with Crippen LogP contribution >= 0.6 is 0 Å². The number of hydrogen-bond acceptors (Lipinski definition) is 4. The van der Waals surface area contributed by atoms with Gasteiger partial charge < -0.3 is 10.2 Å². The van der Waals surface area contributed by atoms with Crippen LogP contribution in [0.1, 0.15) is 37.1 Å². The lowest BCUT2D eigenvalue weighted by Crippen LogP contribution is -2.27. The molecule has 0 atom stereocenters. The lowest BCUT2D eigenvalue weighted by molar-refractivity contribution is 0.298. The first kappa shape index (κ1) is 21.2. The van der Waals surface area contributed by atoms with Crippen molar-refractivity contribution in [3.05, 3.63) is 71.4 Å². The van der Waals surface area contributed by atoms with Crippen LogP contribution in [-0.2, 0) is 13.1 Å². The second-order valence-electron chi connectivity index (χ2n) is 7.44. The fourth-order valence-corrected chi connectivity index (χ4v) is 3.54. The van der Waals surface area contributed by atoms with Gasteiger partial charge in [-0.2, -0.15) is 15.0 Å². The van der Waals surface area contributed by atoms with Gasteiger partial charge in [0.2, 0.25) is 0 Å². The molecule has 1 N–H and O–H groups in total. The van der Waals surface area contributed by atoms with E-state index in [1.54, 1.807) is 0 Å². The van der Waals surface area contributed by atoms with Crippen LogP contribution in [0.3, 0.4) is 0 Å². The quantitative estimate of drug-likeness (QED) is 0.500. The standard InChI is InChI=1S/C24H33N5/c1-4-28(5-2)16-10-15-25-18-23-24(22-13-7-6-8-14-22)27-29(26-23)19-21-12-9-11-20(3)17-21/h6-9,11-14,17,25H,4-5,10,15-16,18-19H2,1-3H3. The fourth-order valence-electron chi connectivity index (χ4n) is 3.54.